The van der Waals surface area contributed by atoms with Crippen molar-refractivity contribution in [2.75, 3.05) is 5.73 Å². The molecule has 1 aromatic rings. The molecule has 0 amide bonds. The van der Waals surface area contributed by atoms with Gasteiger partial charge in [-0.3, -0.25) is 0 Å². The lowest BCUT2D eigenvalue weighted by Crippen LogP contribution is -2.03. The smallest absolute Gasteiger partial charge is 0.282 e. The first-order chi connectivity index (χ1) is 6.60. The van der Waals surface area contributed by atoms with Crippen molar-refractivity contribution in [1.29, 1.82) is 5.26 Å². The standard InChI is InChI=1S/C8H6ClF2N3/c9-2-6-4(3-12)1-5(13)7(14-6)8(10)11/h1,8H,2,13H2. The van der Waals surface area contributed by atoms with Gasteiger partial charge in [-0.1, -0.05) is 0 Å². The van der Waals surface area contributed by atoms with E-state index in [0.29, 0.717) is 0 Å². The van der Waals surface area contributed by atoms with Crippen LogP contribution in [0.5, 0.6) is 0 Å². The van der Waals surface area contributed by atoms with Crippen LogP contribution in [0.1, 0.15) is 23.4 Å². The molecule has 74 valence electrons. The highest BCUT2D eigenvalue weighted by Crippen LogP contribution is 2.25. The fraction of sp³-hybridized carbons (Fsp3) is 0.250. The van der Waals surface area contributed by atoms with Gasteiger partial charge in [0.1, 0.15) is 11.8 Å². The third kappa shape index (κ3) is 1.91. The van der Waals surface area contributed by atoms with Crippen LogP contribution in [0.2, 0.25) is 0 Å². The molecule has 0 saturated carbocycles. The van der Waals surface area contributed by atoms with Crippen molar-refractivity contribution in [3.8, 4) is 6.07 Å². The molecule has 14 heavy (non-hydrogen) atoms. The fourth-order valence-corrected chi connectivity index (χ4v) is 1.16. The van der Waals surface area contributed by atoms with Gasteiger partial charge in [-0.25, -0.2) is 13.8 Å². The molecular formula is C8H6ClF2N3. The van der Waals surface area contributed by atoms with Crippen LogP contribution >= 0.6 is 11.6 Å². The quantitative estimate of drug-likeness (QED) is 0.773. The topological polar surface area (TPSA) is 62.7 Å². The van der Waals surface area contributed by atoms with Crippen molar-refractivity contribution in [1.82, 2.24) is 4.98 Å². The SMILES string of the molecule is N#Cc1cc(N)c(C(F)F)nc1CCl. The number of halogens is 3. The molecular weight excluding hydrogens is 212 g/mol. The third-order valence-corrected chi connectivity index (χ3v) is 1.87. The summed E-state index contributed by atoms with van der Waals surface area (Å²) in [6, 6.07) is 2.94. The first-order valence-corrected chi connectivity index (χ1v) is 4.17. The van der Waals surface area contributed by atoms with Crippen LogP contribution in [0.4, 0.5) is 14.5 Å². The van der Waals surface area contributed by atoms with Crippen molar-refractivity contribution in [2.24, 2.45) is 0 Å². The second kappa shape index (κ2) is 4.20. The molecule has 0 unspecified atom stereocenters. The number of rotatable bonds is 2. The van der Waals surface area contributed by atoms with Crippen LogP contribution in [0.15, 0.2) is 6.07 Å². The molecule has 1 rings (SSSR count). The minimum atomic E-state index is -2.76. The molecule has 1 aromatic heterocycles. The number of nitrogens with zero attached hydrogens (tertiary/aromatic N) is 2. The fourth-order valence-electron chi connectivity index (χ4n) is 0.956. The molecule has 1 heterocycles. The Balaban J connectivity index is 3.32. The van der Waals surface area contributed by atoms with Gasteiger partial charge in [0.2, 0.25) is 0 Å². The zero-order valence-corrected chi connectivity index (χ0v) is 7.72. The van der Waals surface area contributed by atoms with Gasteiger partial charge in [-0.15, -0.1) is 11.6 Å². The zero-order chi connectivity index (χ0) is 10.7. The Morgan fingerprint density at radius 3 is 2.71 bits per heavy atom. The van der Waals surface area contributed by atoms with Crippen molar-refractivity contribution in [3.05, 3.63) is 23.0 Å². The summed E-state index contributed by atoms with van der Waals surface area (Å²) < 4.78 is 24.6. The van der Waals surface area contributed by atoms with Gasteiger partial charge < -0.3 is 5.73 Å². The van der Waals surface area contributed by atoms with Crippen LogP contribution in [0, 0.1) is 11.3 Å². The summed E-state index contributed by atoms with van der Waals surface area (Å²) in [7, 11) is 0. The molecule has 0 spiro atoms. The number of hydrogen-bond donors (Lipinski definition) is 1. The van der Waals surface area contributed by atoms with Gasteiger partial charge in [0, 0.05) is 0 Å². The highest BCUT2D eigenvalue weighted by molar-refractivity contribution is 6.17. The van der Waals surface area contributed by atoms with E-state index in [1.54, 1.807) is 6.07 Å². The zero-order valence-electron chi connectivity index (χ0n) is 6.97. The van der Waals surface area contributed by atoms with Crippen LogP contribution in [-0.2, 0) is 5.88 Å². The van der Waals surface area contributed by atoms with Crippen LogP contribution in [0.3, 0.4) is 0 Å². The highest BCUT2D eigenvalue weighted by Gasteiger charge is 2.16. The van der Waals surface area contributed by atoms with Gasteiger partial charge >= 0.3 is 0 Å². The van der Waals surface area contributed by atoms with E-state index in [0.717, 1.165) is 6.07 Å². The minimum Gasteiger partial charge on any atom is -0.397 e. The predicted molar refractivity (Wildman–Crippen MR) is 47.9 cm³/mol. The molecule has 0 atom stereocenters. The number of pyridine rings is 1. The Morgan fingerprint density at radius 1 is 1.64 bits per heavy atom. The number of nitrogens with two attached hydrogens (primary N) is 1. The van der Waals surface area contributed by atoms with Gasteiger partial charge in [-0.2, -0.15) is 5.26 Å². The minimum absolute atomic E-state index is 0.0944. The Morgan fingerprint density at radius 2 is 2.29 bits per heavy atom. The molecule has 0 aliphatic carbocycles. The Bertz CT molecular complexity index is 386. The predicted octanol–water partition coefficient (Wildman–Crippen LogP) is 2.21. The lowest BCUT2D eigenvalue weighted by atomic mass is 10.2. The highest BCUT2D eigenvalue weighted by atomic mass is 35.5. The van der Waals surface area contributed by atoms with Gasteiger partial charge in [0.25, 0.3) is 6.43 Å². The second-order valence-electron chi connectivity index (χ2n) is 2.50. The van der Waals surface area contributed by atoms with Crippen molar-refractivity contribution in [3.63, 3.8) is 0 Å². The molecule has 3 nitrogen and oxygen atoms in total. The van der Waals surface area contributed by atoms with E-state index in [4.69, 9.17) is 22.6 Å². The molecule has 0 aliphatic heterocycles. The first kappa shape index (κ1) is 10.7. The summed E-state index contributed by atoms with van der Waals surface area (Å²) in [5.74, 6) is -0.0944. The molecule has 0 bridgehead atoms. The van der Waals surface area contributed by atoms with Gasteiger partial charge in [0.05, 0.1) is 22.8 Å². The number of nitriles is 1. The van der Waals surface area contributed by atoms with E-state index in [-0.39, 0.29) is 22.8 Å². The summed E-state index contributed by atoms with van der Waals surface area (Å²) in [4.78, 5) is 3.53. The maximum atomic E-state index is 12.3. The Labute approximate surface area is 84.1 Å². The van der Waals surface area contributed by atoms with E-state index in [2.05, 4.69) is 4.98 Å². The normalized spacial score (nSPS) is 10.2. The Hall–Kier alpha value is -1.41. The van der Waals surface area contributed by atoms with E-state index in [1.165, 1.54) is 0 Å². The van der Waals surface area contributed by atoms with Crippen LogP contribution in [0.25, 0.3) is 0 Å². The number of nitrogen functional groups attached to an aromatic ring is 1. The van der Waals surface area contributed by atoms with Gasteiger partial charge in [0.15, 0.2) is 0 Å². The summed E-state index contributed by atoms with van der Waals surface area (Å²) in [6.45, 7) is 0. The number of aromatic nitrogens is 1. The monoisotopic (exact) mass is 217 g/mol. The second-order valence-corrected chi connectivity index (χ2v) is 2.77. The largest absolute Gasteiger partial charge is 0.397 e. The van der Waals surface area contributed by atoms with E-state index >= 15 is 0 Å². The number of alkyl halides is 3. The van der Waals surface area contributed by atoms with E-state index in [9.17, 15) is 8.78 Å². The molecule has 0 aliphatic rings. The Kier molecular flexibility index (Phi) is 3.20. The van der Waals surface area contributed by atoms with Crippen molar-refractivity contribution in [2.45, 2.75) is 12.3 Å². The molecule has 2 N–H and O–H groups in total. The molecule has 0 fully saturated rings. The average molecular weight is 218 g/mol. The molecule has 0 saturated heterocycles. The van der Waals surface area contributed by atoms with Crippen molar-refractivity contribution < 1.29 is 8.78 Å². The lowest BCUT2D eigenvalue weighted by Gasteiger charge is -2.06. The third-order valence-electron chi connectivity index (χ3n) is 1.62. The van der Waals surface area contributed by atoms with E-state index in [1.807, 2.05) is 0 Å². The average Bonchev–Trinajstić information content (AvgIpc) is 2.16. The van der Waals surface area contributed by atoms with Gasteiger partial charge in [-0.05, 0) is 6.07 Å². The molecule has 0 radical (unpaired) electrons. The first-order valence-electron chi connectivity index (χ1n) is 3.63. The molecule has 6 heteroatoms. The van der Waals surface area contributed by atoms with E-state index < -0.39 is 12.1 Å². The summed E-state index contributed by atoms with van der Waals surface area (Å²) in [6.07, 6.45) is -2.76. The summed E-state index contributed by atoms with van der Waals surface area (Å²) >= 11 is 5.44. The number of anilines is 1. The van der Waals surface area contributed by atoms with Crippen LogP contribution in [-0.4, -0.2) is 4.98 Å². The maximum Gasteiger partial charge on any atom is 0.282 e. The summed E-state index contributed by atoms with van der Waals surface area (Å²) in [5.41, 5.74) is 4.82. The van der Waals surface area contributed by atoms with Crippen molar-refractivity contribution >= 4 is 17.3 Å². The van der Waals surface area contributed by atoms with Crippen LogP contribution < -0.4 is 5.73 Å². The maximum absolute atomic E-state index is 12.3. The lowest BCUT2D eigenvalue weighted by molar-refractivity contribution is 0.147. The summed E-state index contributed by atoms with van der Waals surface area (Å²) in [5, 5.41) is 8.61. The molecule has 0 aromatic carbocycles. The number of hydrogen-bond acceptors (Lipinski definition) is 3.